The van der Waals surface area contributed by atoms with Gasteiger partial charge in [0.05, 0.1) is 42.3 Å². The Bertz CT molecular complexity index is 222. The van der Waals surface area contributed by atoms with Crippen LogP contribution in [0.3, 0.4) is 0 Å². The summed E-state index contributed by atoms with van der Waals surface area (Å²) in [6, 6.07) is 0. The van der Waals surface area contributed by atoms with Crippen molar-refractivity contribution in [1.29, 1.82) is 0 Å². The molecule has 0 aromatic carbocycles. The van der Waals surface area contributed by atoms with E-state index in [2.05, 4.69) is 0 Å². The first-order valence-electron chi connectivity index (χ1n) is 4.64. The second-order valence-electron chi connectivity index (χ2n) is 5.57. The van der Waals surface area contributed by atoms with E-state index in [1.165, 1.54) is 0 Å². The first-order chi connectivity index (χ1) is 6.41. The van der Waals surface area contributed by atoms with Crippen molar-refractivity contribution in [3.8, 4) is 0 Å². The molecule has 0 spiro atoms. The molecule has 15 heavy (non-hydrogen) atoms. The summed E-state index contributed by atoms with van der Waals surface area (Å²) in [6.45, 7) is 0.260. The molecule has 0 aliphatic heterocycles. The highest BCUT2D eigenvalue weighted by atomic mass is 31.2. The maximum Gasteiger partial charge on any atom is 0.481 e. The second-order valence-corrected chi connectivity index (χ2v) is 7.02. The third-order valence-corrected chi connectivity index (χ3v) is 2.10. The van der Waals surface area contributed by atoms with Crippen molar-refractivity contribution >= 4 is 7.82 Å². The predicted octanol–water partition coefficient (Wildman–Crippen LogP) is 0.447. The highest BCUT2D eigenvalue weighted by Gasteiger charge is 2.27. The molecule has 0 radical (unpaired) electrons. The van der Waals surface area contributed by atoms with Crippen molar-refractivity contribution in [3.05, 3.63) is 0 Å². The van der Waals surface area contributed by atoms with Gasteiger partial charge in [0.1, 0.15) is 0 Å². The Morgan fingerprint density at radius 1 is 0.933 bits per heavy atom. The first-order valence-corrected chi connectivity index (χ1v) is 6.14. The summed E-state index contributed by atoms with van der Waals surface area (Å²) in [5.74, 6) is 0. The third kappa shape index (κ3) is 10.3. The Hall–Kier alpha value is 0.0300. The van der Waals surface area contributed by atoms with Crippen LogP contribution in [0.25, 0.3) is 0 Å². The summed E-state index contributed by atoms with van der Waals surface area (Å²) in [6.07, 6.45) is 0. The standard InChI is InChI=1S/C8H22N2O4P/c1-9(2,3)7-13-15(11,12)14-8-10(4,5)6/h7-8H2,1-6H3/q+1/p+1. The van der Waals surface area contributed by atoms with E-state index in [0.29, 0.717) is 8.97 Å². The number of hydrogen-bond acceptors (Lipinski definition) is 3. The van der Waals surface area contributed by atoms with Crippen LogP contribution in [0.5, 0.6) is 0 Å². The monoisotopic (exact) mass is 242 g/mol. The van der Waals surface area contributed by atoms with Gasteiger partial charge in [-0.25, -0.2) is 13.6 Å². The number of phosphoric acid groups is 1. The van der Waals surface area contributed by atoms with Crippen LogP contribution in [0.1, 0.15) is 0 Å². The lowest BCUT2D eigenvalue weighted by atomic mass is 10.7. The molecular weight excluding hydrogens is 219 g/mol. The minimum absolute atomic E-state index is 0.130. The largest absolute Gasteiger partial charge is 0.481 e. The fourth-order valence-corrected chi connectivity index (χ4v) is 1.59. The molecule has 0 atom stereocenters. The van der Waals surface area contributed by atoms with Gasteiger partial charge in [-0.1, -0.05) is 0 Å². The smallest absolute Gasteiger partial charge is 0.308 e. The molecule has 0 aromatic rings. The van der Waals surface area contributed by atoms with Crippen molar-refractivity contribution in [1.82, 2.24) is 0 Å². The molecule has 0 aliphatic carbocycles. The molecule has 0 amide bonds. The molecule has 0 fully saturated rings. The van der Waals surface area contributed by atoms with Gasteiger partial charge in [0.2, 0.25) is 0 Å². The molecule has 0 unspecified atom stereocenters. The van der Waals surface area contributed by atoms with E-state index >= 15 is 0 Å². The molecular formula is C8H23N2O4P+2. The Labute approximate surface area is 91.8 Å². The van der Waals surface area contributed by atoms with Crippen molar-refractivity contribution in [3.63, 3.8) is 0 Å². The molecule has 6 nitrogen and oxygen atoms in total. The molecule has 7 heteroatoms. The van der Waals surface area contributed by atoms with Gasteiger partial charge in [0.15, 0.2) is 13.5 Å². The van der Waals surface area contributed by atoms with Crippen LogP contribution in [-0.2, 0) is 13.6 Å². The van der Waals surface area contributed by atoms with Crippen LogP contribution < -0.4 is 0 Å². The molecule has 0 aromatic heterocycles. The van der Waals surface area contributed by atoms with Gasteiger partial charge < -0.3 is 13.9 Å². The van der Waals surface area contributed by atoms with Crippen LogP contribution in [0.15, 0.2) is 0 Å². The van der Waals surface area contributed by atoms with Crippen molar-refractivity contribution < 1.29 is 27.5 Å². The van der Waals surface area contributed by atoms with Gasteiger partial charge in [-0.3, -0.25) is 0 Å². The number of nitrogens with zero attached hydrogens (tertiary/aromatic N) is 2. The molecule has 0 aliphatic rings. The number of hydrogen-bond donors (Lipinski definition) is 1. The van der Waals surface area contributed by atoms with Gasteiger partial charge >= 0.3 is 7.82 Å². The number of phosphoric ester groups is 1. The minimum Gasteiger partial charge on any atom is -0.308 e. The topological polar surface area (TPSA) is 55.8 Å². The molecule has 0 bridgehead atoms. The fraction of sp³-hybridized carbons (Fsp3) is 1.00. The van der Waals surface area contributed by atoms with E-state index in [4.69, 9.17) is 9.05 Å². The highest BCUT2D eigenvalue weighted by molar-refractivity contribution is 7.47. The molecule has 1 N–H and O–H groups in total. The first kappa shape index (κ1) is 15.0. The summed E-state index contributed by atoms with van der Waals surface area (Å²) < 4.78 is 22.0. The van der Waals surface area contributed by atoms with Crippen molar-refractivity contribution in [2.75, 3.05) is 55.7 Å². The molecule has 0 rings (SSSR count). The fourth-order valence-electron chi connectivity index (χ4n) is 0.530. The van der Waals surface area contributed by atoms with Crippen LogP contribution >= 0.6 is 7.82 Å². The maximum absolute atomic E-state index is 11.4. The lowest BCUT2D eigenvalue weighted by Crippen LogP contribution is -2.38. The van der Waals surface area contributed by atoms with Crippen LogP contribution in [0.4, 0.5) is 0 Å². The zero-order valence-corrected chi connectivity index (χ0v) is 11.3. The summed E-state index contributed by atoms with van der Waals surface area (Å²) >= 11 is 0. The Morgan fingerprint density at radius 3 is 1.40 bits per heavy atom. The van der Waals surface area contributed by atoms with Gasteiger partial charge in [0.25, 0.3) is 0 Å². The summed E-state index contributed by atoms with van der Waals surface area (Å²) in [5, 5.41) is 0. The van der Waals surface area contributed by atoms with E-state index in [9.17, 15) is 9.46 Å². The van der Waals surface area contributed by atoms with E-state index in [1.54, 1.807) is 0 Å². The molecule has 0 saturated heterocycles. The average Bonchev–Trinajstić information content (AvgIpc) is 1.96. The minimum atomic E-state index is -3.92. The van der Waals surface area contributed by atoms with Crippen LogP contribution in [-0.4, -0.2) is 69.6 Å². The zero-order chi connectivity index (χ0) is 12.3. The highest BCUT2D eigenvalue weighted by Crippen LogP contribution is 2.43. The third-order valence-electron chi connectivity index (χ3n) is 1.22. The number of quaternary nitrogens is 2. The van der Waals surface area contributed by atoms with E-state index in [0.717, 1.165) is 0 Å². The molecule has 0 saturated carbocycles. The van der Waals surface area contributed by atoms with Crippen molar-refractivity contribution in [2.45, 2.75) is 0 Å². The van der Waals surface area contributed by atoms with Crippen LogP contribution in [0, 0.1) is 0 Å². The lowest BCUT2D eigenvalue weighted by molar-refractivity contribution is -0.890. The summed E-state index contributed by atoms with van der Waals surface area (Å²) in [5.41, 5.74) is 0. The SMILES string of the molecule is C[N+](C)(C)COP(=O)(O)OC[N+](C)(C)C. The number of rotatable bonds is 6. The lowest BCUT2D eigenvalue weighted by Gasteiger charge is -2.26. The molecule has 92 valence electrons. The average molecular weight is 242 g/mol. The predicted molar refractivity (Wildman–Crippen MR) is 57.8 cm³/mol. The Kier molecular flexibility index (Phi) is 4.92. The van der Waals surface area contributed by atoms with E-state index < -0.39 is 7.82 Å². The quantitative estimate of drug-likeness (QED) is 0.417. The van der Waals surface area contributed by atoms with Gasteiger partial charge in [0, 0.05) is 0 Å². The normalized spacial score (nSPS) is 14.3. The molecule has 0 heterocycles. The summed E-state index contributed by atoms with van der Waals surface area (Å²) in [7, 11) is 7.25. The zero-order valence-electron chi connectivity index (χ0n) is 10.4. The maximum atomic E-state index is 11.4. The van der Waals surface area contributed by atoms with Gasteiger partial charge in [-0.2, -0.15) is 0 Å². The second kappa shape index (κ2) is 4.91. The summed E-state index contributed by atoms with van der Waals surface area (Å²) in [4.78, 5) is 9.33. The van der Waals surface area contributed by atoms with Crippen LogP contribution in [0.2, 0.25) is 0 Å². The Morgan fingerprint density at radius 2 is 1.20 bits per heavy atom. The van der Waals surface area contributed by atoms with Gasteiger partial charge in [-0.15, -0.1) is 0 Å². The Balaban J connectivity index is 4.04. The van der Waals surface area contributed by atoms with E-state index in [-0.39, 0.29) is 13.5 Å². The van der Waals surface area contributed by atoms with Crippen molar-refractivity contribution in [2.24, 2.45) is 0 Å². The van der Waals surface area contributed by atoms with E-state index in [1.807, 2.05) is 42.3 Å². The van der Waals surface area contributed by atoms with Gasteiger partial charge in [-0.05, 0) is 0 Å².